The molecule has 9 heteroatoms. The molecule has 1 aliphatic heterocycles. The highest BCUT2D eigenvalue weighted by Gasteiger charge is 2.27. The molecule has 0 spiro atoms. The molecule has 2 aromatic rings. The number of carbonyl (C=O) groups excluding carboxylic acids is 1. The molecule has 1 saturated heterocycles. The van der Waals surface area contributed by atoms with Gasteiger partial charge in [0.05, 0.1) is 11.9 Å². The van der Waals surface area contributed by atoms with Crippen molar-refractivity contribution in [3.63, 3.8) is 0 Å². The van der Waals surface area contributed by atoms with Crippen LogP contribution in [0.5, 0.6) is 0 Å². The Hall–Kier alpha value is -2.84. The lowest BCUT2D eigenvalue weighted by Crippen LogP contribution is -2.55. The molecule has 1 amide bonds. The minimum atomic E-state index is 0.0628. The normalized spacial score (nSPS) is 15.5. The average molecular weight is 372 g/mol. The molecule has 0 aromatic carbocycles. The molecule has 2 aromatic heterocycles. The van der Waals surface area contributed by atoms with Crippen LogP contribution < -0.4 is 10.2 Å². The summed E-state index contributed by atoms with van der Waals surface area (Å²) in [5, 5.41) is 7.52. The van der Waals surface area contributed by atoms with Crippen molar-refractivity contribution in [2.24, 2.45) is 12.0 Å². The van der Waals surface area contributed by atoms with Gasteiger partial charge in [-0.2, -0.15) is 5.10 Å². The van der Waals surface area contributed by atoms with Crippen LogP contribution in [-0.2, 0) is 18.4 Å². The Balaban J connectivity index is 1.43. The summed E-state index contributed by atoms with van der Waals surface area (Å²) in [6.07, 6.45) is 9.52. The van der Waals surface area contributed by atoms with E-state index in [1.54, 1.807) is 22.8 Å². The van der Waals surface area contributed by atoms with Gasteiger partial charge < -0.3 is 19.7 Å². The maximum atomic E-state index is 12.5. The number of aromatic nitrogens is 4. The van der Waals surface area contributed by atoms with Crippen LogP contribution in [0, 0.1) is 6.92 Å². The Morgan fingerprint density at radius 2 is 2.19 bits per heavy atom. The predicted molar refractivity (Wildman–Crippen MR) is 105 cm³/mol. The molecule has 0 unspecified atom stereocenters. The first-order chi connectivity index (χ1) is 13.1. The number of aryl methyl sites for hydroxylation is 3. The van der Waals surface area contributed by atoms with Crippen molar-refractivity contribution in [1.29, 1.82) is 0 Å². The van der Waals surface area contributed by atoms with E-state index in [4.69, 9.17) is 0 Å². The molecule has 0 atom stereocenters. The van der Waals surface area contributed by atoms with Gasteiger partial charge in [0.25, 0.3) is 0 Å². The quantitative estimate of drug-likeness (QED) is 0.457. The second kappa shape index (κ2) is 8.70. The minimum absolute atomic E-state index is 0.0628. The van der Waals surface area contributed by atoms with E-state index in [1.807, 2.05) is 37.5 Å². The zero-order valence-corrected chi connectivity index (χ0v) is 16.3. The van der Waals surface area contributed by atoms with Crippen molar-refractivity contribution in [3.05, 3.63) is 30.6 Å². The van der Waals surface area contributed by atoms with E-state index in [0.29, 0.717) is 13.1 Å². The fourth-order valence-electron chi connectivity index (χ4n) is 3.25. The maximum absolute atomic E-state index is 12.5. The Morgan fingerprint density at radius 3 is 2.81 bits per heavy atom. The third-order valence-electron chi connectivity index (χ3n) is 4.77. The van der Waals surface area contributed by atoms with E-state index in [0.717, 1.165) is 49.9 Å². The zero-order chi connectivity index (χ0) is 19.2. The molecule has 3 heterocycles. The molecule has 27 heavy (non-hydrogen) atoms. The summed E-state index contributed by atoms with van der Waals surface area (Å²) in [5.74, 6) is 1.89. The topological polar surface area (TPSA) is 83.6 Å². The SMILES string of the molecule is CN=C(NCCCCn1ccnc1C)N1CCN(c2cnn(C)c2)C(=O)C1. The number of rotatable bonds is 6. The summed E-state index contributed by atoms with van der Waals surface area (Å²) >= 11 is 0. The fourth-order valence-corrected chi connectivity index (χ4v) is 3.25. The molecule has 3 rings (SSSR count). The number of unbranched alkanes of at least 4 members (excludes halogenated alkanes) is 1. The maximum Gasteiger partial charge on any atom is 0.246 e. The predicted octanol–water partition coefficient (Wildman–Crippen LogP) is 0.629. The number of anilines is 1. The number of hydrogen-bond acceptors (Lipinski definition) is 4. The first-order valence-electron chi connectivity index (χ1n) is 9.31. The summed E-state index contributed by atoms with van der Waals surface area (Å²) in [6, 6.07) is 0. The number of nitrogens with zero attached hydrogens (tertiary/aromatic N) is 7. The number of guanidine groups is 1. The van der Waals surface area contributed by atoms with Gasteiger partial charge in [0.15, 0.2) is 5.96 Å². The van der Waals surface area contributed by atoms with Crippen LogP contribution >= 0.6 is 0 Å². The van der Waals surface area contributed by atoms with Crippen LogP contribution in [0.2, 0.25) is 0 Å². The monoisotopic (exact) mass is 372 g/mol. The van der Waals surface area contributed by atoms with Crippen LogP contribution in [-0.4, -0.2) is 69.3 Å². The van der Waals surface area contributed by atoms with Gasteiger partial charge in [0.2, 0.25) is 5.91 Å². The van der Waals surface area contributed by atoms with Gasteiger partial charge >= 0.3 is 0 Å². The van der Waals surface area contributed by atoms with Gasteiger partial charge in [-0.1, -0.05) is 0 Å². The smallest absolute Gasteiger partial charge is 0.246 e. The van der Waals surface area contributed by atoms with E-state index in [-0.39, 0.29) is 5.91 Å². The molecular weight excluding hydrogens is 344 g/mol. The molecule has 1 aliphatic rings. The van der Waals surface area contributed by atoms with Crippen LogP contribution in [0.4, 0.5) is 5.69 Å². The van der Waals surface area contributed by atoms with E-state index in [2.05, 4.69) is 25.0 Å². The van der Waals surface area contributed by atoms with Crippen molar-refractivity contribution in [3.8, 4) is 0 Å². The number of imidazole rings is 1. The number of hydrogen-bond donors (Lipinski definition) is 1. The van der Waals surface area contributed by atoms with Gasteiger partial charge in [0, 0.05) is 58.9 Å². The molecule has 0 radical (unpaired) electrons. The summed E-state index contributed by atoms with van der Waals surface area (Å²) in [7, 11) is 3.61. The van der Waals surface area contributed by atoms with Crippen LogP contribution in [0.3, 0.4) is 0 Å². The fraction of sp³-hybridized carbons (Fsp3) is 0.556. The van der Waals surface area contributed by atoms with Gasteiger partial charge in [-0.3, -0.25) is 14.5 Å². The van der Waals surface area contributed by atoms with Crippen molar-refractivity contribution in [2.45, 2.75) is 26.3 Å². The van der Waals surface area contributed by atoms with Gasteiger partial charge in [-0.15, -0.1) is 0 Å². The first-order valence-corrected chi connectivity index (χ1v) is 9.31. The van der Waals surface area contributed by atoms with Crippen molar-refractivity contribution >= 4 is 17.6 Å². The molecule has 146 valence electrons. The van der Waals surface area contributed by atoms with Crippen molar-refractivity contribution in [1.82, 2.24) is 29.5 Å². The van der Waals surface area contributed by atoms with E-state index in [1.165, 1.54) is 0 Å². The van der Waals surface area contributed by atoms with Crippen molar-refractivity contribution < 1.29 is 4.79 Å². The number of carbonyl (C=O) groups is 1. The lowest BCUT2D eigenvalue weighted by Gasteiger charge is -2.35. The third kappa shape index (κ3) is 4.66. The largest absolute Gasteiger partial charge is 0.356 e. The Morgan fingerprint density at radius 1 is 1.33 bits per heavy atom. The number of piperazine rings is 1. The Kier molecular flexibility index (Phi) is 6.10. The third-order valence-corrected chi connectivity index (χ3v) is 4.77. The van der Waals surface area contributed by atoms with Gasteiger partial charge in [-0.05, 0) is 19.8 Å². The molecule has 0 saturated carbocycles. The van der Waals surface area contributed by atoms with Crippen LogP contribution in [0.1, 0.15) is 18.7 Å². The van der Waals surface area contributed by atoms with E-state index >= 15 is 0 Å². The number of amides is 1. The molecular formula is C18H28N8O. The summed E-state index contributed by atoms with van der Waals surface area (Å²) < 4.78 is 3.87. The first kappa shape index (κ1) is 18.9. The lowest BCUT2D eigenvalue weighted by molar-refractivity contribution is -0.120. The molecule has 0 bridgehead atoms. The number of aliphatic imine (C=N–C) groups is 1. The van der Waals surface area contributed by atoms with Crippen molar-refractivity contribution in [2.75, 3.05) is 38.1 Å². The van der Waals surface area contributed by atoms with Gasteiger partial charge in [-0.25, -0.2) is 4.98 Å². The molecule has 9 nitrogen and oxygen atoms in total. The second-order valence-corrected chi connectivity index (χ2v) is 6.69. The van der Waals surface area contributed by atoms with Crippen LogP contribution in [0.25, 0.3) is 0 Å². The van der Waals surface area contributed by atoms with Gasteiger partial charge in [0.1, 0.15) is 12.4 Å². The molecule has 1 N–H and O–H groups in total. The second-order valence-electron chi connectivity index (χ2n) is 6.69. The van der Waals surface area contributed by atoms with E-state index < -0.39 is 0 Å². The summed E-state index contributed by atoms with van der Waals surface area (Å²) in [4.78, 5) is 24.9. The average Bonchev–Trinajstić information content (AvgIpc) is 3.26. The van der Waals surface area contributed by atoms with E-state index in [9.17, 15) is 4.79 Å². The summed E-state index contributed by atoms with van der Waals surface area (Å²) in [5.41, 5.74) is 0.847. The van der Waals surface area contributed by atoms with Crippen LogP contribution in [0.15, 0.2) is 29.8 Å². The lowest BCUT2D eigenvalue weighted by atomic mass is 10.3. The molecule has 1 fully saturated rings. The minimum Gasteiger partial charge on any atom is -0.356 e. The standard InChI is InChI=1S/C18H28N8O/c1-15-20-7-9-24(15)8-5-4-6-21-18(19-2)25-10-11-26(17(27)14-25)16-12-22-23(3)13-16/h7,9,12-13H,4-6,8,10-11,14H2,1-3H3,(H,19,21). The zero-order valence-electron chi connectivity index (χ0n) is 16.3. The number of nitrogens with one attached hydrogen (secondary N) is 1. The Labute approximate surface area is 159 Å². The highest BCUT2D eigenvalue weighted by molar-refractivity contribution is 5.98. The summed E-state index contributed by atoms with van der Waals surface area (Å²) in [6.45, 7) is 5.51. The Bertz CT molecular complexity index is 793. The molecule has 0 aliphatic carbocycles. The highest BCUT2D eigenvalue weighted by Crippen LogP contribution is 2.16. The highest BCUT2D eigenvalue weighted by atomic mass is 16.2.